The van der Waals surface area contributed by atoms with Gasteiger partial charge in [0.2, 0.25) is 0 Å². The van der Waals surface area contributed by atoms with Gasteiger partial charge in [-0.3, -0.25) is 4.79 Å². The van der Waals surface area contributed by atoms with Crippen LogP contribution in [0.2, 0.25) is 0 Å². The quantitative estimate of drug-likeness (QED) is 0.861. The second kappa shape index (κ2) is 6.75. The van der Waals surface area contributed by atoms with E-state index in [1.165, 1.54) is 0 Å². The average Bonchev–Trinajstić information content (AvgIpc) is 3.02. The zero-order chi connectivity index (χ0) is 16.2. The zero-order valence-corrected chi connectivity index (χ0v) is 13.3. The minimum atomic E-state index is -0.924. The fourth-order valence-electron chi connectivity index (χ4n) is 2.13. The summed E-state index contributed by atoms with van der Waals surface area (Å²) in [4.78, 5) is 12.1. The number of aromatic nitrogens is 2. The Kier molecular flexibility index (Phi) is 4.98. The van der Waals surface area contributed by atoms with Gasteiger partial charge in [-0.25, -0.2) is 4.68 Å². The largest absolute Gasteiger partial charge is 0.388 e. The molecule has 1 aromatic carbocycles. The number of hydrogen-bond acceptors (Lipinski definition) is 3. The van der Waals surface area contributed by atoms with Crippen LogP contribution in [0.1, 0.15) is 37.7 Å². The number of benzene rings is 1. The lowest BCUT2D eigenvalue weighted by atomic mass is 9.88. The van der Waals surface area contributed by atoms with E-state index in [0.717, 1.165) is 12.1 Å². The summed E-state index contributed by atoms with van der Waals surface area (Å²) in [6.07, 6.45) is 2.60. The van der Waals surface area contributed by atoms with Crippen molar-refractivity contribution in [2.45, 2.75) is 32.8 Å². The maximum atomic E-state index is 12.1. The van der Waals surface area contributed by atoms with E-state index in [1.54, 1.807) is 23.9 Å². The summed E-state index contributed by atoms with van der Waals surface area (Å²) in [7, 11) is 0. The van der Waals surface area contributed by atoms with Crippen molar-refractivity contribution in [1.29, 1.82) is 0 Å². The number of amides is 1. The molecular formula is C17H23N3O2. The molecule has 2 rings (SSSR count). The van der Waals surface area contributed by atoms with E-state index in [2.05, 4.69) is 10.4 Å². The van der Waals surface area contributed by atoms with E-state index in [9.17, 15) is 9.90 Å². The standard InChI is InChI=1S/C17H23N3O2/c1-4-13(2)17(3,22)12-18-16(21)15-10-11-20(19-15)14-8-6-5-7-9-14/h5-11,13,22H,4,12H2,1-3H3,(H,18,21). The summed E-state index contributed by atoms with van der Waals surface area (Å²) >= 11 is 0. The Bertz CT molecular complexity index is 620. The molecule has 0 fully saturated rings. The second-order valence-corrected chi connectivity index (χ2v) is 5.83. The molecule has 2 unspecified atom stereocenters. The van der Waals surface area contributed by atoms with Gasteiger partial charge < -0.3 is 10.4 Å². The summed E-state index contributed by atoms with van der Waals surface area (Å²) in [5, 5.41) is 17.3. The molecule has 22 heavy (non-hydrogen) atoms. The SMILES string of the molecule is CCC(C)C(C)(O)CNC(=O)c1ccn(-c2ccccc2)n1. The van der Waals surface area contributed by atoms with E-state index in [0.29, 0.717) is 5.69 Å². The van der Waals surface area contributed by atoms with Crippen LogP contribution >= 0.6 is 0 Å². The molecule has 118 valence electrons. The van der Waals surface area contributed by atoms with E-state index in [4.69, 9.17) is 0 Å². The number of para-hydroxylation sites is 1. The lowest BCUT2D eigenvalue weighted by molar-refractivity contribution is 0.00587. The van der Waals surface area contributed by atoms with Crippen LogP contribution in [0.5, 0.6) is 0 Å². The summed E-state index contributed by atoms with van der Waals surface area (Å²) in [5.41, 5.74) is 0.309. The van der Waals surface area contributed by atoms with Crippen molar-refractivity contribution in [3.63, 3.8) is 0 Å². The van der Waals surface area contributed by atoms with Crippen molar-refractivity contribution in [3.8, 4) is 5.69 Å². The average molecular weight is 301 g/mol. The van der Waals surface area contributed by atoms with Gasteiger partial charge in [-0.05, 0) is 31.0 Å². The highest BCUT2D eigenvalue weighted by atomic mass is 16.3. The van der Waals surface area contributed by atoms with Crippen LogP contribution in [-0.2, 0) is 0 Å². The van der Waals surface area contributed by atoms with Gasteiger partial charge >= 0.3 is 0 Å². The maximum Gasteiger partial charge on any atom is 0.271 e. The Labute approximate surface area is 131 Å². The molecule has 0 aliphatic rings. The molecule has 0 saturated heterocycles. The first-order valence-corrected chi connectivity index (χ1v) is 7.55. The smallest absolute Gasteiger partial charge is 0.271 e. The number of nitrogens with zero attached hydrogens (tertiary/aromatic N) is 2. The number of carbonyl (C=O) groups is 1. The van der Waals surface area contributed by atoms with Crippen molar-refractivity contribution in [1.82, 2.24) is 15.1 Å². The van der Waals surface area contributed by atoms with Gasteiger partial charge in [0.15, 0.2) is 5.69 Å². The van der Waals surface area contributed by atoms with Crippen LogP contribution in [0.3, 0.4) is 0 Å². The molecule has 0 bridgehead atoms. The molecule has 2 aromatic rings. The minimum Gasteiger partial charge on any atom is -0.388 e. The Morgan fingerprint density at radius 3 is 2.68 bits per heavy atom. The van der Waals surface area contributed by atoms with Gasteiger partial charge in [-0.15, -0.1) is 0 Å². The van der Waals surface area contributed by atoms with Crippen LogP contribution in [0.15, 0.2) is 42.6 Å². The van der Waals surface area contributed by atoms with Gasteiger partial charge in [0.1, 0.15) is 0 Å². The topological polar surface area (TPSA) is 67.2 Å². The van der Waals surface area contributed by atoms with Crippen LogP contribution in [0, 0.1) is 5.92 Å². The van der Waals surface area contributed by atoms with E-state index >= 15 is 0 Å². The lowest BCUT2D eigenvalue weighted by Gasteiger charge is -2.29. The monoisotopic (exact) mass is 301 g/mol. The molecule has 0 radical (unpaired) electrons. The maximum absolute atomic E-state index is 12.1. The molecule has 1 amide bonds. The molecular weight excluding hydrogens is 278 g/mol. The van der Waals surface area contributed by atoms with Crippen LogP contribution in [0.25, 0.3) is 5.69 Å². The van der Waals surface area contributed by atoms with Crippen LogP contribution in [0.4, 0.5) is 0 Å². The van der Waals surface area contributed by atoms with E-state index in [1.807, 2.05) is 44.2 Å². The molecule has 2 N–H and O–H groups in total. The predicted octanol–water partition coefficient (Wildman–Crippen LogP) is 2.40. The summed E-state index contributed by atoms with van der Waals surface area (Å²) in [5.74, 6) is -0.173. The fourth-order valence-corrected chi connectivity index (χ4v) is 2.13. The fraction of sp³-hybridized carbons (Fsp3) is 0.412. The van der Waals surface area contributed by atoms with Crippen molar-refractivity contribution < 1.29 is 9.90 Å². The second-order valence-electron chi connectivity index (χ2n) is 5.83. The lowest BCUT2D eigenvalue weighted by Crippen LogP contribution is -2.45. The number of rotatable bonds is 6. The van der Waals surface area contributed by atoms with Crippen molar-refractivity contribution >= 4 is 5.91 Å². The Morgan fingerprint density at radius 2 is 2.05 bits per heavy atom. The predicted molar refractivity (Wildman–Crippen MR) is 86.0 cm³/mol. The molecule has 1 heterocycles. The number of hydrogen-bond donors (Lipinski definition) is 2. The number of nitrogens with one attached hydrogen (secondary N) is 1. The van der Waals surface area contributed by atoms with Gasteiger partial charge in [0.25, 0.3) is 5.91 Å². The molecule has 0 saturated carbocycles. The van der Waals surface area contributed by atoms with Gasteiger partial charge in [0.05, 0.1) is 11.3 Å². The highest BCUT2D eigenvalue weighted by Gasteiger charge is 2.27. The summed E-state index contributed by atoms with van der Waals surface area (Å²) < 4.78 is 1.65. The highest BCUT2D eigenvalue weighted by Crippen LogP contribution is 2.19. The molecule has 0 aliphatic carbocycles. The minimum absolute atomic E-state index is 0.106. The Balaban J connectivity index is 2.01. The molecule has 0 spiro atoms. The highest BCUT2D eigenvalue weighted by molar-refractivity contribution is 5.92. The third-order valence-corrected chi connectivity index (χ3v) is 4.12. The third-order valence-electron chi connectivity index (χ3n) is 4.12. The third kappa shape index (κ3) is 3.74. The normalized spacial score (nSPS) is 15.1. The van der Waals surface area contributed by atoms with Gasteiger partial charge in [-0.2, -0.15) is 5.10 Å². The van der Waals surface area contributed by atoms with Gasteiger partial charge in [0, 0.05) is 12.7 Å². The molecule has 5 heteroatoms. The first kappa shape index (κ1) is 16.2. The summed E-state index contributed by atoms with van der Waals surface area (Å²) in [6, 6.07) is 11.3. The van der Waals surface area contributed by atoms with Crippen molar-refractivity contribution in [3.05, 3.63) is 48.3 Å². The Hall–Kier alpha value is -2.14. The van der Waals surface area contributed by atoms with Crippen LogP contribution < -0.4 is 5.32 Å². The summed E-state index contributed by atoms with van der Waals surface area (Å²) in [6.45, 7) is 5.93. The molecule has 1 aromatic heterocycles. The number of aliphatic hydroxyl groups is 1. The van der Waals surface area contributed by atoms with Crippen molar-refractivity contribution in [2.24, 2.45) is 5.92 Å². The van der Waals surface area contributed by atoms with Crippen LogP contribution in [-0.4, -0.2) is 32.9 Å². The zero-order valence-electron chi connectivity index (χ0n) is 13.3. The first-order valence-electron chi connectivity index (χ1n) is 7.55. The molecule has 5 nitrogen and oxygen atoms in total. The Morgan fingerprint density at radius 1 is 1.36 bits per heavy atom. The number of carbonyl (C=O) groups excluding carboxylic acids is 1. The van der Waals surface area contributed by atoms with E-state index < -0.39 is 5.60 Å². The van der Waals surface area contributed by atoms with Crippen molar-refractivity contribution in [2.75, 3.05) is 6.54 Å². The van der Waals surface area contributed by atoms with E-state index in [-0.39, 0.29) is 18.4 Å². The first-order chi connectivity index (χ1) is 10.4. The molecule has 2 atom stereocenters. The molecule has 0 aliphatic heterocycles. The van der Waals surface area contributed by atoms with Gasteiger partial charge in [-0.1, -0.05) is 38.5 Å².